The normalized spacial score (nSPS) is 10.4. The molecule has 0 saturated heterocycles. The first kappa shape index (κ1) is 11.6. The molecule has 3 aromatic rings. The maximum absolute atomic E-state index is 11.8. The summed E-state index contributed by atoms with van der Waals surface area (Å²) < 4.78 is 1.22. The fraction of sp³-hybridized carbons (Fsp3) is 0. The Kier molecular flexibility index (Phi) is 2.48. The van der Waals surface area contributed by atoms with Crippen molar-refractivity contribution in [1.82, 2.24) is 25.3 Å². The van der Waals surface area contributed by atoms with E-state index in [-0.39, 0.29) is 32.2 Å². The van der Waals surface area contributed by atoms with Crippen molar-refractivity contribution in [3.63, 3.8) is 0 Å². The lowest BCUT2D eigenvalue weighted by Crippen LogP contribution is -2.50. The third kappa shape index (κ3) is 1.69. The molecule has 2 aromatic heterocycles. The maximum atomic E-state index is 11.8. The number of nitrogens with zero attached hydrogens (tertiary/aromatic N) is 10. The van der Waals surface area contributed by atoms with Gasteiger partial charge in [0.15, 0.2) is 5.69 Å². The van der Waals surface area contributed by atoms with Crippen LogP contribution in [0.15, 0.2) is 29.6 Å². The van der Waals surface area contributed by atoms with Crippen molar-refractivity contribution >= 4 is 16.7 Å². The zero-order valence-corrected chi connectivity index (χ0v) is 9.60. The highest BCUT2D eigenvalue weighted by atomic mass is 16.6. The van der Waals surface area contributed by atoms with Crippen LogP contribution < -0.4 is 9.80 Å². The summed E-state index contributed by atoms with van der Waals surface area (Å²) in [5.74, 6) is 0. The molecule has 0 radical (unpaired) electrons. The molecule has 20 heavy (non-hydrogen) atoms. The Labute approximate surface area is 109 Å². The Morgan fingerprint density at radius 3 is 2.90 bits per heavy atom. The zero-order valence-electron chi connectivity index (χ0n) is 9.60. The monoisotopic (exact) mass is 272 g/mol. The van der Waals surface area contributed by atoms with Gasteiger partial charge in [0.2, 0.25) is 5.52 Å². The standard InChI is InChI=1S/C8H4N10O2/c9-13-11-5-1-2-6-8(17(19)15-18(20)12-6)7(5)16-4-3-10-14-16/h1-4H. The quantitative estimate of drug-likeness (QED) is 0.199. The van der Waals surface area contributed by atoms with Crippen LogP contribution in [0.4, 0.5) is 5.69 Å². The highest BCUT2D eigenvalue weighted by molar-refractivity contribution is 5.86. The van der Waals surface area contributed by atoms with Gasteiger partial charge in [-0.1, -0.05) is 10.3 Å². The van der Waals surface area contributed by atoms with Gasteiger partial charge in [-0.25, -0.2) is 4.68 Å². The van der Waals surface area contributed by atoms with Crippen LogP contribution in [0.5, 0.6) is 0 Å². The fourth-order valence-electron chi connectivity index (χ4n) is 1.74. The van der Waals surface area contributed by atoms with Crippen LogP contribution in [-0.4, -0.2) is 25.3 Å². The van der Waals surface area contributed by atoms with Crippen LogP contribution >= 0.6 is 0 Å². The number of hydrogen-bond donors (Lipinski definition) is 0. The van der Waals surface area contributed by atoms with E-state index in [4.69, 9.17) is 5.53 Å². The zero-order chi connectivity index (χ0) is 14.1. The lowest BCUT2D eigenvalue weighted by atomic mass is 10.2. The highest BCUT2D eigenvalue weighted by Crippen LogP contribution is 2.27. The van der Waals surface area contributed by atoms with E-state index in [1.807, 2.05) is 0 Å². The molecule has 12 nitrogen and oxygen atoms in total. The highest BCUT2D eigenvalue weighted by Gasteiger charge is 2.23. The number of rotatable bonds is 2. The molecule has 0 fully saturated rings. The molecule has 12 heteroatoms. The molecule has 2 heterocycles. The van der Waals surface area contributed by atoms with Crippen LogP contribution in [0.25, 0.3) is 27.2 Å². The summed E-state index contributed by atoms with van der Waals surface area (Å²) >= 11 is 0. The van der Waals surface area contributed by atoms with E-state index in [2.05, 4.69) is 30.7 Å². The third-order valence-corrected chi connectivity index (χ3v) is 2.46. The molecular formula is C8H4N10O2. The van der Waals surface area contributed by atoms with E-state index in [1.54, 1.807) is 0 Å². The summed E-state index contributed by atoms with van der Waals surface area (Å²) in [6.07, 6.45) is 2.83. The van der Waals surface area contributed by atoms with Crippen LogP contribution in [-0.2, 0) is 0 Å². The first-order valence-electron chi connectivity index (χ1n) is 5.17. The predicted octanol–water partition coefficient (Wildman–Crippen LogP) is -0.581. The first-order valence-corrected chi connectivity index (χ1v) is 5.17. The SMILES string of the molecule is [N-]=[N+]=Nc1ccc2n[n+]([O-])n[n+]([O-])c2c1-n1ccnn1. The van der Waals surface area contributed by atoms with Gasteiger partial charge in [0.1, 0.15) is 4.96 Å². The number of benzene rings is 1. The second-order valence-corrected chi connectivity index (χ2v) is 3.55. The average molecular weight is 272 g/mol. The van der Waals surface area contributed by atoms with Crippen LogP contribution in [0.2, 0.25) is 0 Å². The smallest absolute Gasteiger partial charge is 0.326 e. The van der Waals surface area contributed by atoms with Crippen LogP contribution in [0.3, 0.4) is 0 Å². The second kappa shape index (κ2) is 4.29. The molecule has 0 aliphatic carbocycles. The summed E-state index contributed by atoms with van der Waals surface area (Å²) in [5, 5.41) is 40.3. The lowest BCUT2D eigenvalue weighted by Gasteiger charge is -2.05. The minimum Gasteiger partial charge on any atom is -0.590 e. The Hall–Kier alpha value is -3.53. The van der Waals surface area contributed by atoms with Gasteiger partial charge < -0.3 is 10.4 Å². The van der Waals surface area contributed by atoms with Gasteiger partial charge in [0, 0.05) is 9.76 Å². The average Bonchev–Trinajstić information content (AvgIpc) is 2.92. The molecule has 0 aliphatic heterocycles. The van der Waals surface area contributed by atoms with Crippen molar-refractivity contribution in [1.29, 1.82) is 0 Å². The van der Waals surface area contributed by atoms with Gasteiger partial charge in [-0.15, -0.1) is 5.10 Å². The Morgan fingerprint density at radius 2 is 2.20 bits per heavy atom. The van der Waals surface area contributed by atoms with Crippen molar-refractivity contribution < 1.29 is 9.80 Å². The molecule has 0 bridgehead atoms. The Bertz CT molecular complexity index is 838. The molecule has 0 spiro atoms. The number of fused-ring (bicyclic) bond motifs is 1. The van der Waals surface area contributed by atoms with Crippen LogP contribution in [0, 0.1) is 10.4 Å². The van der Waals surface area contributed by atoms with Crippen molar-refractivity contribution in [3.8, 4) is 5.69 Å². The molecule has 0 aliphatic rings. The minimum atomic E-state index is -0.103. The number of hydrogen-bond acceptors (Lipinski definition) is 7. The molecule has 0 unspecified atom stereocenters. The molecule has 0 amide bonds. The van der Waals surface area contributed by atoms with E-state index < -0.39 is 0 Å². The van der Waals surface area contributed by atoms with Gasteiger partial charge in [-0.05, 0) is 17.7 Å². The molecule has 0 atom stereocenters. The van der Waals surface area contributed by atoms with Gasteiger partial charge in [-0.3, -0.25) is 0 Å². The molecule has 98 valence electrons. The summed E-state index contributed by atoms with van der Waals surface area (Å²) in [6.45, 7) is 0. The van der Waals surface area contributed by atoms with Crippen molar-refractivity contribution in [2.45, 2.75) is 0 Å². The summed E-state index contributed by atoms with van der Waals surface area (Å²) in [7, 11) is 0. The van der Waals surface area contributed by atoms with Crippen molar-refractivity contribution in [3.05, 3.63) is 45.4 Å². The summed E-state index contributed by atoms with van der Waals surface area (Å²) in [6, 6.07) is 2.77. The summed E-state index contributed by atoms with van der Waals surface area (Å²) in [5.41, 5.74) is 8.84. The molecule has 0 N–H and O–H groups in total. The summed E-state index contributed by atoms with van der Waals surface area (Å²) in [4.78, 5) is 2.66. The van der Waals surface area contributed by atoms with E-state index >= 15 is 0 Å². The fourth-order valence-corrected chi connectivity index (χ4v) is 1.74. The van der Waals surface area contributed by atoms with Crippen molar-refractivity contribution in [2.75, 3.05) is 0 Å². The second-order valence-electron chi connectivity index (χ2n) is 3.55. The van der Waals surface area contributed by atoms with Crippen molar-refractivity contribution in [2.24, 2.45) is 5.11 Å². The lowest BCUT2D eigenvalue weighted by molar-refractivity contribution is -0.863. The van der Waals surface area contributed by atoms with E-state index in [9.17, 15) is 10.4 Å². The first-order chi connectivity index (χ1) is 9.70. The molecular weight excluding hydrogens is 268 g/mol. The number of aromatic nitrogens is 7. The topological polar surface area (TPSA) is 159 Å². The van der Waals surface area contributed by atoms with Gasteiger partial charge in [-0.2, -0.15) is 0 Å². The largest absolute Gasteiger partial charge is 0.590 e. The molecule has 0 saturated carbocycles. The molecule has 1 aromatic carbocycles. The molecule has 3 rings (SSSR count). The van der Waals surface area contributed by atoms with E-state index in [0.717, 1.165) is 0 Å². The van der Waals surface area contributed by atoms with E-state index in [0.29, 0.717) is 0 Å². The number of azide groups is 1. The van der Waals surface area contributed by atoms with Gasteiger partial charge in [0.25, 0.3) is 0 Å². The Balaban J connectivity index is 2.49. The minimum absolute atomic E-state index is 0.0625. The maximum Gasteiger partial charge on any atom is 0.326 e. The Morgan fingerprint density at radius 1 is 1.35 bits per heavy atom. The van der Waals surface area contributed by atoms with E-state index in [1.165, 1.54) is 29.2 Å². The van der Waals surface area contributed by atoms with Gasteiger partial charge in [0.05, 0.1) is 23.2 Å². The third-order valence-electron chi connectivity index (χ3n) is 2.46. The van der Waals surface area contributed by atoms with Crippen LogP contribution in [0.1, 0.15) is 0 Å². The predicted molar refractivity (Wildman–Crippen MR) is 61.2 cm³/mol. The van der Waals surface area contributed by atoms with Gasteiger partial charge >= 0.3 is 10.7 Å².